The number of nitrogens with zero attached hydrogens (tertiary/aromatic N) is 3. The van der Waals surface area contributed by atoms with Crippen molar-refractivity contribution in [1.29, 1.82) is 0 Å². The molecule has 32 heavy (non-hydrogen) atoms. The highest BCUT2D eigenvalue weighted by molar-refractivity contribution is 6.36. The summed E-state index contributed by atoms with van der Waals surface area (Å²) in [6, 6.07) is 19.4. The fraction of sp³-hybridized carbons (Fsp3) is 0.0870. The monoisotopic (exact) mass is 486 g/mol. The summed E-state index contributed by atoms with van der Waals surface area (Å²) in [5, 5.41) is 13.5. The number of hydrogen-bond donors (Lipinski definition) is 1. The van der Waals surface area contributed by atoms with E-state index in [9.17, 15) is 4.79 Å². The maximum Gasteiger partial charge on any atom is 0.247 e. The van der Waals surface area contributed by atoms with Gasteiger partial charge >= 0.3 is 0 Å². The molecule has 0 unspecified atom stereocenters. The molecule has 1 aromatic heterocycles. The second kappa shape index (κ2) is 9.61. The third-order valence-corrected chi connectivity index (χ3v) is 5.42. The van der Waals surface area contributed by atoms with Crippen LogP contribution in [0, 0.1) is 0 Å². The zero-order valence-corrected chi connectivity index (χ0v) is 19.1. The number of hydrogen-bond acceptors (Lipinski definition) is 4. The van der Waals surface area contributed by atoms with Crippen molar-refractivity contribution in [1.82, 2.24) is 15.0 Å². The van der Waals surface area contributed by atoms with Gasteiger partial charge in [-0.25, -0.2) is 0 Å². The second-order valence-electron chi connectivity index (χ2n) is 6.84. The highest BCUT2D eigenvalue weighted by Gasteiger charge is 2.19. The average molecular weight is 488 g/mol. The standard InChI is InChI=1S/C23H17Cl3N4O2/c1-32-18-9-7-17(8-10-18)27-21(31)13-30-28-22(14-2-4-15(24)5-3-14)23(29-30)19-11-6-16(25)12-20(19)26/h2-12H,13H2,1H3,(H,27,31). The molecule has 4 rings (SSSR count). The van der Waals surface area contributed by atoms with Crippen LogP contribution in [0.4, 0.5) is 5.69 Å². The molecule has 6 nitrogen and oxygen atoms in total. The van der Waals surface area contributed by atoms with Gasteiger partial charge in [0.05, 0.1) is 12.1 Å². The lowest BCUT2D eigenvalue weighted by molar-refractivity contribution is -0.117. The van der Waals surface area contributed by atoms with Crippen LogP contribution in [0.5, 0.6) is 5.75 Å². The average Bonchev–Trinajstić information content (AvgIpc) is 3.18. The molecule has 9 heteroatoms. The first kappa shape index (κ1) is 22.1. The summed E-state index contributed by atoms with van der Waals surface area (Å²) in [7, 11) is 1.58. The van der Waals surface area contributed by atoms with Crippen LogP contribution in [0.2, 0.25) is 15.1 Å². The van der Waals surface area contributed by atoms with Crippen molar-refractivity contribution < 1.29 is 9.53 Å². The normalized spacial score (nSPS) is 10.8. The van der Waals surface area contributed by atoms with Crippen LogP contribution >= 0.6 is 34.8 Å². The topological polar surface area (TPSA) is 69.0 Å². The van der Waals surface area contributed by atoms with Gasteiger partial charge in [0.1, 0.15) is 23.7 Å². The third kappa shape index (κ3) is 5.05. The van der Waals surface area contributed by atoms with Crippen molar-refractivity contribution in [3.05, 3.63) is 81.8 Å². The number of nitrogens with one attached hydrogen (secondary N) is 1. The second-order valence-corrected chi connectivity index (χ2v) is 8.12. The van der Waals surface area contributed by atoms with Crippen LogP contribution in [0.3, 0.4) is 0 Å². The highest BCUT2D eigenvalue weighted by atomic mass is 35.5. The smallest absolute Gasteiger partial charge is 0.247 e. The Morgan fingerprint density at radius 3 is 2.22 bits per heavy atom. The van der Waals surface area contributed by atoms with E-state index in [2.05, 4.69) is 15.5 Å². The van der Waals surface area contributed by atoms with Crippen LogP contribution in [0.1, 0.15) is 0 Å². The minimum Gasteiger partial charge on any atom is -0.497 e. The van der Waals surface area contributed by atoms with Gasteiger partial charge in [-0.1, -0.05) is 46.9 Å². The van der Waals surface area contributed by atoms with Crippen molar-refractivity contribution >= 4 is 46.4 Å². The zero-order valence-electron chi connectivity index (χ0n) is 16.8. The fourth-order valence-electron chi connectivity index (χ4n) is 3.09. The Bertz CT molecular complexity index is 1260. The van der Waals surface area contributed by atoms with Gasteiger partial charge in [-0.05, 0) is 54.6 Å². The lowest BCUT2D eigenvalue weighted by Gasteiger charge is -2.06. The van der Waals surface area contributed by atoms with Gasteiger partial charge in [0.2, 0.25) is 5.91 Å². The molecule has 0 aliphatic rings. The number of amides is 1. The SMILES string of the molecule is COc1ccc(NC(=O)Cn2nc(-c3ccc(Cl)cc3)c(-c3ccc(Cl)cc3Cl)n2)cc1. The molecule has 1 amide bonds. The largest absolute Gasteiger partial charge is 0.497 e. The molecular weight excluding hydrogens is 471 g/mol. The van der Waals surface area contributed by atoms with Gasteiger partial charge in [-0.2, -0.15) is 15.0 Å². The zero-order chi connectivity index (χ0) is 22.7. The molecule has 0 radical (unpaired) electrons. The van der Waals surface area contributed by atoms with Gasteiger partial charge in [-0.15, -0.1) is 0 Å². The fourth-order valence-corrected chi connectivity index (χ4v) is 3.71. The summed E-state index contributed by atoms with van der Waals surface area (Å²) < 4.78 is 5.13. The first-order valence-corrected chi connectivity index (χ1v) is 10.7. The van der Waals surface area contributed by atoms with Crippen molar-refractivity contribution in [2.24, 2.45) is 0 Å². The van der Waals surface area contributed by atoms with E-state index < -0.39 is 0 Å². The van der Waals surface area contributed by atoms with Crippen LogP contribution < -0.4 is 10.1 Å². The van der Waals surface area contributed by atoms with Crippen molar-refractivity contribution in [3.63, 3.8) is 0 Å². The van der Waals surface area contributed by atoms with Crippen LogP contribution in [0.25, 0.3) is 22.5 Å². The molecule has 0 atom stereocenters. The Hall–Kier alpha value is -3.06. The number of anilines is 1. The number of benzene rings is 3. The molecule has 1 N–H and O–H groups in total. The number of carbonyl (C=O) groups is 1. The van der Waals surface area contributed by atoms with E-state index in [1.54, 1.807) is 61.7 Å². The summed E-state index contributed by atoms with van der Waals surface area (Å²) in [5.74, 6) is 0.426. The van der Waals surface area contributed by atoms with Crippen LogP contribution in [-0.2, 0) is 11.3 Å². The summed E-state index contributed by atoms with van der Waals surface area (Å²) >= 11 is 18.5. The quantitative estimate of drug-likeness (QED) is 0.350. The van der Waals surface area contributed by atoms with E-state index in [1.165, 1.54) is 4.80 Å². The molecule has 0 spiro atoms. The van der Waals surface area contributed by atoms with Gasteiger partial charge in [0.15, 0.2) is 0 Å². The molecule has 3 aromatic carbocycles. The van der Waals surface area contributed by atoms with Crippen molar-refractivity contribution in [2.75, 3.05) is 12.4 Å². The molecule has 4 aromatic rings. The van der Waals surface area contributed by atoms with E-state index in [0.717, 1.165) is 5.56 Å². The molecule has 0 bridgehead atoms. The predicted octanol–water partition coefficient (Wildman–Crippen LogP) is 6.22. The Balaban J connectivity index is 1.65. The van der Waals surface area contributed by atoms with E-state index in [1.807, 2.05) is 12.1 Å². The molecule has 162 valence electrons. The maximum absolute atomic E-state index is 12.6. The third-order valence-electron chi connectivity index (χ3n) is 4.62. The first-order chi connectivity index (χ1) is 15.4. The molecule has 0 aliphatic carbocycles. The molecule has 0 aliphatic heterocycles. The summed E-state index contributed by atoms with van der Waals surface area (Å²) in [4.78, 5) is 13.9. The number of rotatable bonds is 6. The number of carbonyl (C=O) groups excluding carboxylic acids is 1. The van der Waals surface area contributed by atoms with Gasteiger partial charge < -0.3 is 10.1 Å². The first-order valence-electron chi connectivity index (χ1n) is 9.53. The van der Waals surface area contributed by atoms with Gasteiger partial charge in [0, 0.05) is 26.9 Å². The van der Waals surface area contributed by atoms with E-state index >= 15 is 0 Å². The molecule has 0 saturated heterocycles. The maximum atomic E-state index is 12.6. The molecular formula is C23H17Cl3N4O2. The Labute approximate surface area is 199 Å². The lowest BCUT2D eigenvalue weighted by atomic mass is 10.1. The van der Waals surface area contributed by atoms with E-state index in [0.29, 0.717) is 43.5 Å². The van der Waals surface area contributed by atoms with E-state index in [4.69, 9.17) is 39.5 Å². The number of ether oxygens (including phenoxy) is 1. The minimum absolute atomic E-state index is 0.0855. The number of methoxy groups -OCH3 is 1. The summed E-state index contributed by atoms with van der Waals surface area (Å²) in [5.41, 5.74) is 3.19. The van der Waals surface area contributed by atoms with Crippen molar-refractivity contribution in [2.45, 2.75) is 6.54 Å². The minimum atomic E-state index is -0.276. The van der Waals surface area contributed by atoms with Crippen molar-refractivity contribution in [3.8, 4) is 28.3 Å². The lowest BCUT2D eigenvalue weighted by Crippen LogP contribution is -2.20. The molecule has 0 saturated carbocycles. The predicted molar refractivity (Wildman–Crippen MR) is 128 cm³/mol. The Kier molecular flexibility index (Phi) is 6.65. The summed E-state index contributed by atoms with van der Waals surface area (Å²) in [6.07, 6.45) is 0. The highest BCUT2D eigenvalue weighted by Crippen LogP contribution is 2.35. The number of halogens is 3. The van der Waals surface area contributed by atoms with Crippen LogP contribution in [0.15, 0.2) is 66.7 Å². The van der Waals surface area contributed by atoms with Gasteiger partial charge in [-0.3, -0.25) is 4.79 Å². The molecule has 1 heterocycles. The van der Waals surface area contributed by atoms with Crippen LogP contribution in [-0.4, -0.2) is 28.0 Å². The summed E-state index contributed by atoms with van der Waals surface area (Å²) in [6.45, 7) is -0.0855. The van der Waals surface area contributed by atoms with Gasteiger partial charge in [0.25, 0.3) is 0 Å². The Morgan fingerprint density at radius 1 is 0.906 bits per heavy atom. The Morgan fingerprint density at radius 2 is 1.56 bits per heavy atom. The van der Waals surface area contributed by atoms with E-state index in [-0.39, 0.29) is 12.5 Å². The number of aromatic nitrogens is 3. The molecule has 0 fully saturated rings.